The summed E-state index contributed by atoms with van der Waals surface area (Å²) in [5, 5.41) is 2.90. The summed E-state index contributed by atoms with van der Waals surface area (Å²) >= 11 is 0. The van der Waals surface area contributed by atoms with Crippen LogP contribution in [0.3, 0.4) is 0 Å². The number of methoxy groups -OCH3 is 1. The van der Waals surface area contributed by atoms with Gasteiger partial charge in [-0.1, -0.05) is 30.3 Å². The predicted molar refractivity (Wildman–Crippen MR) is 102 cm³/mol. The van der Waals surface area contributed by atoms with Crippen molar-refractivity contribution in [2.75, 3.05) is 24.4 Å². The number of hydrogen-bond donors (Lipinski definition) is 1. The molecule has 4 heteroatoms. The fourth-order valence-corrected chi connectivity index (χ4v) is 2.60. The average molecular weight is 332 g/mol. The second kappa shape index (κ2) is 7.53. The quantitative estimate of drug-likeness (QED) is 0.735. The molecule has 0 atom stereocenters. The first-order valence-electron chi connectivity index (χ1n) is 8.02. The molecule has 0 aromatic heterocycles. The van der Waals surface area contributed by atoms with E-state index in [0.717, 1.165) is 17.1 Å². The molecule has 0 fully saturated rings. The van der Waals surface area contributed by atoms with Gasteiger partial charge in [0.15, 0.2) is 0 Å². The Balaban J connectivity index is 1.73. The molecule has 0 saturated carbocycles. The van der Waals surface area contributed by atoms with E-state index in [1.807, 2.05) is 61.6 Å². The number of ether oxygens (including phenoxy) is 1. The Morgan fingerprint density at radius 3 is 2.12 bits per heavy atom. The topological polar surface area (TPSA) is 41.6 Å². The molecule has 3 aromatic rings. The minimum atomic E-state index is -0.193. The lowest BCUT2D eigenvalue weighted by Crippen LogP contribution is -2.13. The van der Waals surface area contributed by atoms with E-state index in [1.165, 1.54) is 0 Å². The van der Waals surface area contributed by atoms with Crippen LogP contribution in [0.15, 0.2) is 78.9 Å². The Bertz CT molecular complexity index is 845. The monoisotopic (exact) mass is 332 g/mol. The van der Waals surface area contributed by atoms with Gasteiger partial charge in [0.05, 0.1) is 12.7 Å². The van der Waals surface area contributed by atoms with Crippen molar-refractivity contribution in [2.45, 2.75) is 0 Å². The number of para-hydroxylation sites is 2. The van der Waals surface area contributed by atoms with E-state index < -0.39 is 0 Å². The lowest BCUT2D eigenvalue weighted by Gasteiger charge is -2.19. The molecule has 0 radical (unpaired) electrons. The van der Waals surface area contributed by atoms with Crippen LogP contribution in [-0.2, 0) is 0 Å². The van der Waals surface area contributed by atoms with Crippen molar-refractivity contribution >= 4 is 23.0 Å². The van der Waals surface area contributed by atoms with Crippen molar-refractivity contribution in [3.63, 3.8) is 0 Å². The van der Waals surface area contributed by atoms with Gasteiger partial charge in [-0.15, -0.1) is 0 Å². The fourth-order valence-electron chi connectivity index (χ4n) is 2.60. The van der Waals surface area contributed by atoms with Gasteiger partial charge in [-0.3, -0.25) is 4.79 Å². The molecule has 0 bridgehead atoms. The normalized spacial score (nSPS) is 10.2. The Morgan fingerprint density at radius 2 is 1.44 bits per heavy atom. The lowest BCUT2D eigenvalue weighted by atomic mass is 10.1. The van der Waals surface area contributed by atoms with Gasteiger partial charge in [-0.25, -0.2) is 0 Å². The van der Waals surface area contributed by atoms with Crippen LogP contribution in [0.5, 0.6) is 5.75 Å². The highest BCUT2D eigenvalue weighted by Crippen LogP contribution is 2.25. The second-order valence-corrected chi connectivity index (χ2v) is 5.60. The molecule has 0 aliphatic heterocycles. The molecular weight excluding hydrogens is 312 g/mol. The molecule has 0 unspecified atom stereocenters. The largest absolute Gasteiger partial charge is 0.496 e. The number of amides is 1. The van der Waals surface area contributed by atoms with Crippen LogP contribution in [0.2, 0.25) is 0 Å². The van der Waals surface area contributed by atoms with E-state index >= 15 is 0 Å². The van der Waals surface area contributed by atoms with Crippen molar-refractivity contribution in [3.8, 4) is 5.75 Å². The lowest BCUT2D eigenvalue weighted by molar-refractivity contribution is 0.102. The van der Waals surface area contributed by atoms with Gasteiger partial charge in [-0.05, 0) is 48.5 Å². The second-order valence-electron chi connectivity index (χ2n) is 5.60. The van der Waals surface area contributed by atoms with Crippen LogP contribution in [0.1, 0.15) is 10.4 Å². The maximum Gasteiger partial charge on any atom is 0.259 e. The predicted octanol–water partition coefficient (Wildman–Crippen LogP) is 4.72. The van der Waals surface area contributed by atoms with Gasteiger partial charge in [-0.2, -0.15) is 0 Å². The summed E-state index contributed by atoms with van der Waals surface area (Å²) in [6.45, 7) is 0. The fraction of sp³-hybridized carbons (Fsp3) is 0.0952. The first kappa shape index (κ1) is 16.6. The molecule has 3 aromatic carbocycles. The van der Waals surface area contributed by atoms with E-state index in [-0.39, 0.29) is 5.91 Å². The molecule has 0 aliphatic rings. The zero-order chi connectivity index (χ0) is 17.6. The van der Waals surface area contributed by atoms with Crippen molar-refractivity contribution in [1.29, 1.82) is 0 Å². The minimum absolute atomic E-state index is 0.193. The van der Waals surface area contributed by atoms with Crippen molar-refractivity contribution < 1.29 is 9.53 Å². The van der Waals surface area contributed by atoms with E-state index in [9.17, 15) is 4.79 Å². The highest BCUT2D eigenvalue weighted by Gasteiger charge is 2.12. The van der Waals surface area contributed by atoms with E-state index in [4.69, 9.17) is 4.74 Å². The molecule has 1 N–H and O–H groups in total. The molecular formula is C21H20N2O2. The molecule has 126 valence electrons. The van der Waals surface area contributed by atoms with Crippen molar-refractivity contribution in [1.82, 2.24) is 0 Å². The van der Waals surface area contributed by atoms with Crippen LogP contribution < -0.4 is 15.0 Å². The first-order valence-corrected chi connectivity index (χ1v) is 8.02. The van der Waals surface area contributed by atoms with E-state index in [1.54, 1.807) is 19.2 Å². The third-order valence-electron chi connectivity index (χ3n) is 4.01. The third kappa shape index (κ3) is 3.80. The zero-order valence-electron chi connectivity index (χ0n) is 14.3. The van der Waals surface area contributed by atoms with Crippen LogP contribution in [0.25, 0.3) is 0 Å². The number of nitrogens with zero attached hydrogens (tertiary/aromatic N) is 1. The Kier molecular flexibility index (Phi) is 5.00. The van der Waals surface area contributed by atoms with Crippen LogP contribution in [0, 0.1) is 0 Å². The van der Waals surface area contributed by atoms with Gasteiger partial charge in [0.2, 0.25) is 0 Å². The summed E-state index contributed by atoms with van der Waals surface area (Å²) < 4.78 is 5.24. The van der Waals surface area contributed by atoms with E-state index in [2.05, 4.69) is 22.3 Å². The zero-order valence-corrected chi connectivity index (χ0v) is 14.3. The summed E-state index contributed by atoms with van der Waals surface area (Å²) in [6, 6.07) is 25.0. The molecule has 0 spiro atoms. The van der Waals surface area contributed by atoms with Gasteiger partial charge >= 0.3 is 0 Å². The molecule has 25 heavy (non-hydrogen) atoms. The number of benzene rings is 3. The van der Waals surface area contributed by atoms with Gasteiger partial charge in [0, 0.05) is 24.1 Å². The standard InChI is InChI=1S/C21H20N2O2/c1-23(17-8-4-3-5-9-17)18-14-12-16(13-15-18)22-21(24)19-10-6-7-11-20(19)25-2/h3-15H,1-2H3,(H,22,24). The first-order chi connectivity index (χ1) is 12.2. The Morgan fingerprint density at radius 1 is 0.840 bits per heavy atom. The molecule has 3 rings (SSSR count). The highest BCUT2D eigenvalue weighted by molar-refractivity contribution is 6.06. The smallest absolute Gasteiger partial charge is 0.259 e. The maximum absolute atomic E-state index is 12.4. The summed E-state index contributed by atoms with van der Waals surface area (Å²) in [5.74, 6) is 0.363. The number of nitrogens with one attached hydrogen (secondary N) is 1. The Labute approximate surface area is 147 Å². The maximum atomic E-state index is 12.4. The summed E-state index contributed by atoms with van der Waals surface area (Å²) in [6.07, 6.45) is 0. The van der Waals surface area contributed by atoms with Crippen molar-refractivity contribution in [2.24, 2.45) is 0 Å². The molecule has 0 heterocycles. The highest BCUT2D eigenvalue weighted by atomic mass is 16.5. The number of carbonyl (C=O) groups is 1. The van der Waals surface area contributed by atoms with Gasteiger partial charge in [0.1, 0.15) is 5.75 Å². The van der Waals surface area contributed by atoms with Crippen LogP contribution in [0.4, 0.5) is 17.1 Å². The van der Waals surface area contributed by atoms with Crippen molar-refractivity contribution in [3.05, 3.63) is 84.4 Å². The number of hydrogen-bond acceptors (Lipinski definition) is 3. The minimum Gasteiger partial charge on any atom is -0.496 e. The van der Waals surface area contributed by atoms with Gasteiger partial charge < -0.3 is 15.0 Å². The molecule has 0 aliphatic carbocycles. The average Bonchev–Trinajstić information content (AvgIpc) is 2.68. The SMILES string of the molecule is COc1ccccc1C(=O)Nc1ccc(N(C)c2ccccc2)cc1. The number of anilines is 3. The molecule has 1 amide bonds. The van der Waals surface area contributed by atoms with Gasteiger partial charge in [0.25, 0.3) is 5.91 Å². The Hall–Kier alpha value is -3.27. The molecule has 4 nitrogen and oxygen atoms in total. The summed E-state index contributed by atoms with van der Waals surface area (Å²) in [7, 11) is 3.57. The van der Waals surface area contributed by atoms with Crippen LogP contribution in [-0.4, -0.2) is 20.1 Å². The summed E-state index contributed by atoms with van der Waals surface area (Å²) in [4.78, 5) is 14.5. The van der Waals surface area contributed by atoms with E-state index in [0.29, 0.717) is 11.3 Å². The van der Waals surface area contributed by atoms with Crippen LogP contribution >= 0.6 is 0 Å². The number of rotatable bonds is 5. The number of carbonyl (C=O) groups excluding carboxylic acids is 1. The third-order valence-corrected chi connectivity index (χ3v) is 4.01. The summed E-state index contributed by atoms with van der Waals surface area (Å²) in [5.41, 5.74) is 3.39. The molecule has 0 saturated heterocycles.